The summed E-state index contributed by atoms with van der Waals surface area (Å²) >= 11 is 0. The van der Waals surface area contributed by atoms with E-state index in [9.17, 15) is 0 Å². The Balaban J connectivity index is 0. The van der Waals surface area contributed by atoms with E-state index in [0.717, 1.165) is 44.9 Å². The summed E-state index contributed by atoms with van der Waals surface area (Å²) in [5, 5.41) is 15.8. The fourth-order valence-corrected chi connectivity index (χ4v) is 2.24. The van der Waals surface area contributed by atoms with Crippen LogP contribution in [0.25, 0.3) is 0 Å². The van der Waals surface area contributed by atoms with Crippen molar-refractivity contribution in [1.29, 1.82) is 0 Å². The van der Waals surface area contributed by atoms with Crippen LogP contribution in [0.5, 0.6) is 0 Å². The standard InChI is InChI=1S/C16H35N3O.HI/c1-4-7-8-9-12-18-16(17-6-3)19-14-15(10-5-2)11-13-20;/h15,20H,4-14H2,1-3H3,(H2,17,18,19);1H. The minimum atomic E-state index is 0. The van der Waals surface area contributed by atoms with Gasteiger partial charge in [-0.05, 0) is 32.1 Å². The second kappa shape index (κ2) is 18.0. The molecule has 0 aliphatic carbocycles. The minimum Gasteiger partial charge on any atom is -0.396 e. The molecule has 21 heavy (non-hydrogen) atoms. The molecule has 0 fully saturated rings. The number of guanidine groups is 1. The molecule has 0 aromatic heterocycles. The highest BCUT2D eigenvalue weighted by molar-refractivity contribution is 14.0. The number of aliphatic imine (C=N–C) groups is 1. The normalized spacial score (nSPS) is 12.7. The van der Waals surface area contributed by atoms with Gasteiger partial charge in [0.15, 0.2) is 5.96 Å². The fourth-order valence-electron chi connectivity index (χ4n) is 2.24. The van der Waals surface area contributed by atoms with Crippen LogP contribution in [0, 0.1) is 5.92 Å². The zero-order chi connectivity index (χ0) is 15.1. The van der Waals surface area contributed by atoms with E-state index in [1.807, 2.05) is 0 Å². The number of unbranched alkanes of at least 4 members (excludes halogenated alkanes) is 3. The maximum atomic E-state index is 9.08. The van der Waals surface area contributed by atoms with Gasteiger partial charge in [0.05, 0.1) is 0 Å². The Morgan fingerprint density at radius 1 is 1.00 bits per heavy atom. The number of halogens is 1. The van der Waals surface area contributed by atoms with Gasteiger partial charge < -0.3 is 15.7 Å². The Morgan fingerprint density at radius 2 is 1.76 bits per heavy atom. The van der Waals surface area contributed by atoms with Crippen molar-refractivity contribution in [3.05, 3.63) is 0 Å². The minimum absolute atomic E-state index is 0. The average molecular weight is 413 g/mol. The second-order valence-corrected chi connectivity index (χ2v) is 5.37. The van der Waals surface area contributed by atoms with Gasteiger partial charge in [0.2, 0.25) is 0 Å². The van der Waals surface area contributed by atoms with Gasteiger partial charge in [-0.1, -0.05) is 39.5 Å². The average Bonchev–Trinajstić information content (AvgIpc) is 2.44. The van der Waals surface area contributed by atoms with Crippen molar-refractivity contribution in [3.8, 4) is 0 Å². The smallest absolute Gasteiger partial charge is 0.191 e. The Morgan fingerprint density at radius 3 is 2.33 bits per heavy atom. The van der Waals surface area contributed by atoms with Crippen LogP contribution >= 0.6 is 24.0 Å². The van der Waals surface area contributed by atoms with Gasteiger partial charge in [0.1, 0.15) is 0 Å². The largest absolute Gasteiger partial charge is 0.396 e. The van der Waals surface area contributed by atoms with Gasteiger partial charge in [-0.3, -0.25) is 4.99 Å². The molecule has 0 heterocycles. The Kier molecular flexibility index (Phi) is 19.9. The first-order valence-corrected chi connectivity index (χ1v) is 8.41. The maximum absolute atomic E-state index is 9.08. The van der Waals surface area contributed by atoms with E-state index in [1.54, 1.807) is 0 Å². The predicted molar refractivity (Wildman–Crippen MR) is 104 cm³/mol. The Labute approximate surface area is 148 Å². The molecule has 0 saturated heterocycles. The summed E-state index contributed by atoms with van der Waals surface area (Å²) < 4.78 is 0. The molecule has 3 N–H and O–H groups in total. The number of nitrogens with one attached hydrogen (secondary N) is 2. The Bertz CT molecular complexity index is 232. The van der Waals surface area contributed by atoms with Crippen molar-refractivity contribution in [2.75, 3.05) is 26.2 Å². The summed E-state index contributed by atoms with van der Waals surface area (Å²) in [4.78, 5) is 4.65. The van der Waals surface area contributed by atoms with Crippen LogP contribution in [0.15, 0.2) is 4.99 Å². The van der Waals surface area contributed by atoms with Crippen molar-refractivity contribution in [2.24, 2.45) is 10.9 Å². The number of hydrogen-bond donors (Lipinski definition) is 3. The molecule has 0 saturated carbocycles. The third kappa shape index (κ3) is 14.7. The second-order valence-electron chi connectivity index (χ2n) is 5.37. The molecule has 0 radical (unpaired) electrons. The molecule has 4 nitrogen and oxygen atoms in total. The lowest BCUT2D eigenvalue weighted by atomic mass is 10.0. The lowest BCUT2D eigenvalue weighted by Gasteiger charge is -2.15. The van der Waals surface area contributed by atoms with Crippen molar-refractivity contribution >= 4 is 29.9 Å². The topological polar surface area (TPSA) is 56.7 Å². The number of aliphatic hydroxyl groups excluding tert-OH is 1. The SMILES string of the molecule is CCCCCCNC(=NCC(CCC)CCO)NCC.I. The van der Waals surface area contributed by atoms with Gasteiger partial charge in [-0.25, -0.2) is 0 Å². The zero-order valence-corrected chi connectivity index (χ0v) is 16.5. The summed E-state index contributed by atoms with van der Waals surface area (Å²) in [5.74, 6) is 1.42. The lowest BCUT2D eigenvalue weighted by molar-refractivity contribution is 0.253. The first-order chi connectivity index (χ1) is 9.78. The molecule has 5 heteroatoms. The van der Waals surface area contributed by atoms with Crippen molar-refractivity contribution < 1.29 is 5.11 Å². The Hall–Kier alpha value is -0.0400. The van der Waals surface area contributed by atoms with E-state index in [2.05, 4.69) is 36.4 Å². The van der Waals surface area contributed by atoms with E-state index >= 15 is 0 Å². The quantitative estimate of drug-likeness (QED) is 0.199. The van der Waals surface area contributed by atoms with E-state index in [0.29, 0.717) is 5.92 Å². The molecule has 0 amide bonds. The molecular weight excluding hydrogens is 377 g/mol. The highest BCUT2D eigenvalue weighted by Crippen LogP contribution is 2.10. The monoisotopic (exact) mass is 413 g/mol. The first-order valence-electron chi connectivity index (χ1n) is 8.41. The van der Waals surface area contributed by atoms with Crippen LogP contribution in [0.2, 0.25) is 0 Å². The number of aliphatic hydroxyl groups is 1. The molecule has 1 unspecified atom stereocenters. The predicted octanol–water partition coefficient (Wildman–Crippen LogP) is 3.54. The number of nitrogens with zero attached hydrogens (tertiary/aromatic N) is 1. The third-order valence-electron chi connectivity index (χ3n) is 3.41. The van der Waals surface area contributed by atoms with E-state index in [4.69, 9.17) is 5.11 Å². The highest BCUT2D eigenvalue weighted by Gasteiger charge is 2.07. The van der Waals surface area contributed by atoms with Crippen LogP contribution in [0.3, 0.4) is 0 Å². The molecule has 0 aromatic rings. The first kappa shape index (κ1) is 23.2. The van der Waals surface area contributed by atoms with E-state index < -0.39 is 0 Å². The number of rotatable bonds is 12. The van der Waals surface area contributed by atoms with Gasteiger partial charge in [-0.2, -0.15) is 0 Å². The highest BCUT2D eigenvalue weighted by atomic mass is 127. The summed E-state index contributed by atoms with van der Waals surface area (Å²) in [5.41, 5.74) is 0. The van der Waals surface area contributed by atoms with E-state index in [-0.39, 0.29) is 30.6 Å². The molecular formula is C16H36IN3O. The molecule has 0 spiro atoms. The van der Waals surface area contributed by atoms with Gasteiger partial charge >= 0.3 is 0 Å². The molecule has 128 valence electrons. The van der Waals surface area contributed by atoms with Crippen molar-refractivity contribution in [3.63, 3.8) is 0 Å². The lowest BCUT2D eigenvalue weighted by Crippen LogP contribution is -2.38. The van der Waals surface area contributed by atoms with Gasteiger partial charge in [0, 0.05) is 26.2 Å². The molecule has 0 bridgehead atoms. The van der Waals surface area contributed by atoms with Crippen LogP contribution in [-0.4, -0.2) is 37.3 Å². The van der Waals surface area contributed by atoms with Crippen LogP contribution in [0.4, 0.5) is 0 Å². The van der Waals surface area contributed by atoms with Crippen LogP contribution in [-0.2, 0) is 0 Å². The number of hydrogen-bond acceptors (Lipinski definition) is 2. The molecule has 0 rings (SSSR count). The summed E-state index contributed by atoms with van der Waals surface area (Å²) in [7, 11) is 0. The maximum Gasteiger partial charge on any atom is 0.191 e. The van der Waals surface area contributed by atoms with Crippen molar-refractivity contribution in [2.45, 2.75) is 65.7 Å². The van der Waals surface area contributed by atoms with Gasteiger partial charge in [0.25, 0.3) is 0 Å². The molecule has 1 atom stereocenters. The van der Waals surface area contributed by atoms with Crippen LogP contribution in [0.1, 0.15) is 65.7 Å². The van der Waals surface area contributed by atoms with Crippen molar-refractivity contribution in [1.82, 2.24) is 10.6 Å². The summed E-state index contributed by atoms with van der Waals surface area (Å²) in [6.07, 6.45) is 8.21. The fraction of sp³-hybridized carbons (Fsp3) is 0.938. The summed E-state index contributed by atoms with van der Waals surface area (Å²) in [6, 6.07) is 0. The zero-order valence-electron chi connectivity index (χ0n) is 14.2. The molecule has 0 aliphatic rings. The summed E-state index contributed by atoms with van der Waals surface area (Å²) in [6.45, 7) is 9.45. The van der Waals surface area contributed by atoms with Gasteiger partial charge in [-0.15, -0.1) is 24.0 Å². The van der Waals surface area contributed by atoms with E-state index in [1.165, 1.54) is 25.7 Å². The molecule has 0 aromatic carbocycles. The third-order valence-corrected chi connectivity index (χ3v) is 3.41. The molecule has 0 aliphatic heterocycles. The van der Waals surface area contributed by atoms with Crippen LogP contribution < -0.4 is 10.6 Å².